The first-order chi connectivity index (χ1) is 13.4. The van der Waals surface area contributed by atoms with Crippen molar-refractivity contribution >= 4 is 34.0 Å². The summed E-state index contributed by atoms with van der Waals surface area (Å²) in [4.78, 5) is 40.7. The van der Waals surface area contributed by atoms with Crippen LogP contribution in [-0.2, 0) is 0 Å². The van der Waals surface area contributed by atoms with Gasteiger partial charge in [0.05, 0.1) is 28.3 Å². The molecule has 0 bridgehead atoms. The third-order valence-corrected chi connectivity index (χ3v) is 4.09. The summed E-state index contributed by atoms with van der Waals surface area (Å²) < 4.78 is 5.21. The number of benzene rings is 2. The van der Waals surface area contributed by atoms with Crippen LogP contribution < -0.4 is 4.74 Å². The van der Waals surface area contributed by atoms with Gasteiger partial charge < -0.3 is 9.84 Å². The summed E-state index contributed by atoms with van der Waals surface area (Å²) in [5, 5.41) is 9.42. The van der Waals surface area contributed by atoms with Gasteiger partial charge in [0.25, 0.3) is 5.88 Å². The molecule has 0 radical (unpaired) electrons. The molecule has 0 unspecified atom stereocenters. The van der Waals surface area contributed by atoms with E-state index in [1.165, 1.54) is 6.20 Å². The van der Waals surface area contributed by atoms with Crippen molar-refractivity contribution in [3.63, 3.8) is 0 Å². The highest BCUT2D eigenvalue weighted by Crippen LogP contribution is 2.21. The Bertz CT molecular complexity index is 1270. The number of aryl methyl sites for hydroxylation is 2. The van der Waals surface area contributed by atoms with E-state index >= 15 is 0 Å². The number of hydrogen-bond donors (Lipinski definition) is 1. The number of carboxylic acid groups (broad SMARTS) is 1. The Kier molecular flexibility index (Phi) is 4.15. The lowest BCUT2D eigenvalue weighted by atomic mass is 10.2. The largest absolute Gasteiger partial charge is 0.476 e. The number of fused-ring (bicyclic) bond motifs is 2. The number of carbonyl (C=O) groups is 2. The number of aromatic carboxylic acids is 1. The van der Waals surface area contributed by atoms with Crippen LogP contribution in [0.15, 0.2) is 42.6 Å². The zero-order valence-electron chi connectivity index (χ0n) is 15.0. The molecule has 1 N–H and O–H groups in total. The minimum absolute atomic E-state index is 0.0569. The van der Waals surface area contributed by atoms with Crippen molar-refractivity contribution in [1.29, 1.82) is 0 Å². The summed E-state index contributed by atoms with van der Waals surface area (Å²) in [6.45, 7) is 3.78. The van der Waals surface area contributed by atoms with E-state index in [2.05, 4.69) is 19.9 Å². The number of esters is 1. The van der Waals surface area contributed by atoms with Gasteiger partial charge in [-0.3, -0.25) is 4.98 Å². The lowest BCUT2D eigenvalue weighted by molar-refractivity contribution is 0.0669. The fraction of sp³-hybridized carbons (Fsp3) is 0.100. The predicted octanol–water partition coefficient (Wildman–Crippen LogP) is 3.11. The Balaban J connectivity index is 1.73. The fourth-order valence-electron chi connectivity index (χ4n) is 2.72. The molecule has 2 aromatic heterocycles. The normalized spacial score (nSPS) is 10.9. The van der Waals surface area contributed by atoms with Crippen molar-refractivity contribution in [3.05, 3.63) is 65.1 Å². The van der Waals surface area contributed by atoms with E-state index in [9.17, 15) is 14.7 Å². The molecule has 0 atom stereocenters. The maximum Gasteiger partial charge on any atom is 0.365 e. The van der Waals surface area contributed by atoms with Crippen LogP contribution in [0.1, 0.15) is 32.1 Å². The highest BCUT2D eigenvalue weighted by molar-refractivity contribution is 5.95. The lowest BCUT2D eigenvalue weighted by Crippen LogP contribution is -2.16. The Morgan fingerprint density at radius 2 is 1.50 bits per heavy atom. The molecule has 8 heteroatoms. The molecule has 0 fully saturated rings. The van der Waals surface area contributed by atoms with Crippen LogP contribution in [0.4, 0.5) is 0 Å². The summed E-state index contributed by atoms with van der Waals surface area (Å²) in [5.41, 5.74) is 3.41. The van der Waals surface area contributed by atoms with E-state index in [0.29, 0.717) is 22.1 Å². The minimum Gasteiger partial charge on any atom is -0.476 e. The predicted molar refractivity (Wildman–Crippen MR) is 100 cm³/mol. The first kappa shape index (κ1) is 17.5. The highest BCUT2D eigenvalue weighted by Gasteiger charge is 2.21. The number of carboxylic acids is 1. The molecule has 4 aromatic rings. The Morgan fingerprint density at radius 1 is 0.857 bits per heavy atom. The number of ether oxygens (including phenoxy) is 1. The SMILES string of the molecule is Cc1ccc2nc(C(=O)Oc3nc4ccc(C)cc4nc3C(=O)O)cnc2c1. The number of carbonyl (C=O) groups excluding carboxylic acids is 1. The molecule has 0 aliphatic heterocycles. The second-order valence-corrected chi connectivity index (χ2v) is 6.31. The third kappa shape index (κ3) is 3.23. The molecule has 8 nitrogen and oxygen atoms in total. The molecule has 0 amide bonds. The number of aromatic nitrogens is 4. The van der Waals surface area contributed by atoms with Gasteiger partial charge in [0.1, 0.15) is 0 Å². The monoisotopic (exact) mass is 374 g/mol. The summed E-state index contributed by atoms with van der Waals surface area (Å²) in [6, 6.07) is 10.6. The van der Waals surface area contributed by atoms with Gasteiger partial charge >= 0.3 is 11.9 Å². The zero-order valence-corrected chi connectivity index (χ0v) is 15.0. The standard InChI is InChI=1S/C20H14N4O4/c1-10-3-5-12-14(7-10)21-9-16(22-12)20(27)28-18-17(19(25)26)23-15-8-11(2)4-6-13(15)24-18/h3-9H,1-2H3,(H,25,26). The molecule has 2 aromatic carbocycles. The molecule has 4 rings (SSSR count). The number of nitrogens with zero attached hydrogens (tertiary/aromatic N) is 4. The van der Waals surface area contributed by atoms with Crippen molar-refractivity contribution in [2.24, 2.45) is 0 Å². The molecule has 138 valence electrons. The summed E-state index contributed by atoms with van der Waals surface area (Å²) in [7, 11) is 0. The van der Waals surface area contributed by atoms with Crippen molar-refractivity contribution in [1.82, 2.24) is 19.9 Å². The first-order valence-electron chi connectivity index (χ1n) is 8.38. The van der Waals surface area contributed by atoms with E-state index in [0.717, 1.165) is 11.1 Å². The van der Waals surface area contributed by atoms with Crippen LogP contribution >= 0.6 is 0 Å². The Morgan fingerprint density at radius 3 is 2.18 bits per heavy atom. The molecular weight excluding hydrogens is 360 g/mol. The second-order valence-electron chi connectivity index (χ2n) is 6.31. The molecule has 2 heterocycles. The molecule has 0 aliphatic rings. The average molecular weight is 374 g/mol. The first-order valence-corrected chi connectivity index (χ1v) is 8.38. The van der Waals surface area contributed by atoms with Crippen molar-refractivity contribution in [2.45, 2.75) is 13.8 Å². The Labute approximate surface area is 158 Å². The topological polar surface area (TPSA) is 115 Å². The van der Waals surface area contributed by atoms with Gasteiger partial charge in [-0.05, 0) is 49.2 Å². The van der Waals surface area contributed by atoms with Gasteiger partial charge in [-0.1, -0.05) is 12.1 Å². The molecule has 28 heavy (non-hydrogen) atoms. The summed E-state index contributed by atoms with van der Waals surface area (Å²) in [6.07, 6.45) is 1.28. The van der Waals surface area contributed by atoms with E-state index in [1.807, 2.05) is 26.0 Å². The smallest absolute Gasteiger partial charge is 0.365 e. The number of hydrogen-bond acceptors (Lipinski definition) is 7. The maximum atomic E-state index is 12.5. The summed E-state index contributed by atoms with van der Waals surface area (Å²) >= 11 is 0. The summed E-state index contributed by atoms with van der Waals surface area (Å²) in [5.74, 6) is -2.60. The van der Waals surface area contributed by atoms with Crippen molar-refractivity contribution in [3.8, 4) is 5.88 Å². The van der Waals surface area contributed by atoms with Crippen molar-refractivity contribution < 1.29 is 19.4 Å². The van der Waals surface area contributed by atoms with E-state index in [1.54, 1.807) is 24.3 Å². The van der Waals surface area contributed by atoms with E-state index in [4.69, 9.17) is 4.74 Å². The van der Waals surface area contributed by atoms with Crippen LogP contribution in [0.25, 0.3) is 22.1 Å². The zero-order chi connectivity index (χ0) is 19.8. The van der Waals surface area contributed by atoms with Gasteiger partial charge in [0.15, 0.2) is 5.69 Å². The van der Waals surface area contributed by atoms with Crippen LogP contribution in [0.5, 0.6) is 5.88 Å². The highest BCUT2D eigenvalue weighted by atomic mass is 16.5. The van der Waals surface area contributed by atoms with Crippen molar-refractivity contribution in [2.75, 3.05) is 0 Å². The van der Waals surface area contributed by atoms with Crippen LogP contribution in [0, 0.1) is 13.8 Å². The van der Waals surface area contributed by atoms with Crippen LogP contribution in [0.2, 0.25) is 0 Å². The molecule has 0 saturated heterocycles. The number of rotatable bonds is 3. The average Bonchev–Trinajstić information content (AvgIpc) is 2.67. The third-order valence-electron chi connectivity index (χ3n) is 4.09. The molecule has 0 aliphatic carbocycles. The second kappa shape index (κ2) is 6.66. The lowest BCUT2D eigenvalue weighted by Gasteiger charge is -2.08. The van der Waals surface area contributed by atoms with Gasteiger partial charge in [0, 0.05) is 0 Å². The Hall–Kier alpha value is -3.94. The molecule has 0 spiro atoms. The van der Waals surface area contributed by atoms with E-state index in [-0.39, 0.29) is 11.6 Å². The maximum absolute atomic E-state index is 12.5. The van der Waals surface area contributed by atoms with Gasteiger partial charge in [-0.2, -0.15) is 0 Å². The fourth-order valence-corrected chi connectivity index (χ4v) is 2.72. The van der Waals surface area contributed by atoms with Crippen LogP contribution in [0.3, 0.4) is 0 Å². The minimum atomic E-state index is -1.35. The quantitative estimate of drug-likeness (QED) is 0.544. The molecule has 0 saturated carbocycles. The van der Waals surface area contributed by atoms with E-state index < -0.39 is 17.6 Å². The van der Waals surface area contributed by atoms with Gasteiger partial charge in [0.2, 0.25) is 5.69 Å². The van der Waals surface area contributed by atoms with Gasteiger partial charge in [-0.15, -0.1) is 0 Å². The van der Waals surface area contributed by atoms with Crippen LogP contribution in [-0.4, -0.2) is 37.0 Å². The molecular formula is C20H14N4O4. The van der Waals surface area contributed by atoms with Gasteiger partial charge in [-0.25, -0.2) is 24.5 Å².